The molecule has 0 nitrogen and oxygen atoms in total. The van der Waals surface area contributed by atoms with Crippen molar-refractivity contribution in [2.24, 2.45) is 0 Å². The maximum absolute atomic E-state index is 2.43. The lowest BCUT2D eigenvalue weighted by Gasteiger charge is -2.16. The van der Waals surface area contributed by atoms with E-state index in [1.54, 1.807) is 0 Å². The van der Waals surface area contributed by atoms with Gasteiger partial charge in [-0.15, -0.1) is 11.3 Å². The average molecular weight is 537 g/mol. The molecule has 41 heavy (non-hydrogen) atoms. The third-order valence-electron chi connectivity index (χ3n) is 8.63. The first kappa shape index (κ1) is 22.8. The van der Waals surface area contributed by atoms with Gasteiger partial charge in [-0.2, -0.15) is 0 Å². The van der Waals surface area contributed by atoms with Gasteiger partial charge >= 0.3 is 0 Å². The van der Waals surface area contributed by atoms with Gasteiger partial charge in [0.25, 0.3) is 0 Å². The van der Waals surface area contributed by atoms with Crippen molar-refractivity contribution in [2.45, 2.75) is 0 Å². The van der Waals surface area contributed by atoms with Crippen LogP contribution in [0.2, 0.25) is 0 Å². The van der Waals surface area contributed by atoms with Crippen LogP contribution >= 0.6 is 11.3 Å². The van der Waals surface area contributed by atoms with E-state index in [9.17, 15) is 0 Å². The SMILES string of the molecule is c1ccc2cc(-c3cc4c5ccccc5c(-c5ccc6sc7ccccc7c6c5)cc4c4ccccc34)ccc2c1. The zero-order chi connectivity index (χ0) is 26.9. The minimum atomic E-state index is 1.25. The first-order valence-corrected chi connectivity index (χ1v) is 14.9. The number of fused-ring (bicyclic) bond motifs is 9. The third kappa shape index (κ3) is 3.46. The van der Waals surface area contributed by atoms with E-state index in [-0.39, 0.29) is 0 Å². The molecule has 9 rings (SSSR count). The molecule has 8 aromatic carbocycles. The minimum absolute atomic E-state index is 1.25. The fourth-order valence-corrected chi connectivity index (χ4v) is 7.77. The molecule has 0 spiro atoms. The molecule has 1 heteroatoms. The molecule has 0 aliphatic carbocycles. The molecule has 0 aliphatic heterocycles. The van der Waals surface area contributed by atoms with Gasteiger partial charge in [-0.05, 0) is 102 Å². The van der Waals surface area contributed by atoms with Gasteiger partial charge in [0.2, 0.25) is 0 Å². The number of rotatable bonds is 2. The lowest BCUT2D eigenvalue weighted by Crippen LogP contribution is -1.89. The number of benzene rings is 8. The van der Waals surface area contributed by atoms with Crippen molar-refractivity contribution in [3.8, 4) is 22.3 Å². The highest BCUT2D eigenvalue weighted by atomic mass is 32.1. The summed E-state index contributed by atoms with van der Waals surface area (Å²) in [5, 5.41) is 13.0. The molecule has 0 aliphatic rings. The molecule has 0 unspecified atom stereocenters. The van der Waals surface area contributed by atoms with Crippen molar-refractivity contribution in [1.29, 1.82) is 0 Å². The Morgan fingerprint density at radius 1 is 0.293 bits per heavy atom. The zero-order valence-electron chi connectivity index (χ0n) is 22.3. The Balaban J connectivity index is 1.37. The number of hydrogen-bond acceptors (Lipinski definition) is 1. The summed E-state index contributed by atoms with van der Waals surface area (Å²) in [6, 6.07) is 53.9. The zero-order valence-corrected chi connectivity index (χ0v) is 23.1. The van der Waals surface area contributed by atoms with Gasteiger partial charge in [0, 0.05) is 20.2 Å². The highest BCUT2D eigenvalue weighted by Gasteiger charge is 2.15. The van der Waals surface area contributed by atoms with Crippen LogP contribution in [0.3, 0.4) is 0 Å². The normalized spacial score (nSPS) is 11.9. The summed E-state index contributed by atoms with van der Waals surface area (Å²) in [6.45, 7) is 0. The van der Waals surface area contributed by atoms with E-state index in [0.29, 0.717) is 0 Å². The van der Waals surface area contributed by atoms with Crippen LogP contribution in [0.5, 0.6) is 0 Å². The first-order valence-electron chi connectivity index (χ1n) is 14.1. The summed E-state index contributed by atoms with van der Waals surface area (Å²) in [4.78, 5) is 0. The van der Waals surface area contributed by atoms with Gasteiger partial charge < -0.3 is 0 Å². The lowest BCUT2D eigenvalue weighted by atomic mass is 9.87. The Bertz CT molecular complexity index is 2480. The average Bonchev–Trinajstić information content (AvgIpc) is 3.42. The molecular formula is C40H24S. The Kier molecular flexibility index (Phi) is 4.87. The summed E-state index contributed by atoms with van der Waals surface area (Å²) in [5.74, 6) is 0. The second-order valence-electron chi connectivity index (χ2n) is 10.9. The van der Waals surface area contributed by atoms with E-state index < -0.39 is 0 Å². The van der Waals surface area contributed by atoms with Gasteiger partial charge in [-0.25, -0.2) is 0 Å². The molecule has 0 bridgehead atoms. The molecular weight excluding hydrogens is 513 g/mol. The monoisotopic (exact) mass is 536 g/mol. The van der Waals surface area contributed by atoms with Crippen LogP contribution in [-0.4, -0.2) is 0 Å². The molecule has 1 aromatic heterocycles. The summed E-state index contributed by atoms with van der Waals surface area (Å²) >= 11 is 1.87. The molecule has 0 atom stereocenters. The quantitative estimate of drug-likeness (QED) is 0.193. The van der Waals surface area contributed by atoms with Crippen LogP contribution in [0.4, 0.5) is 0 Å². The molecule has 0 saturated heterocycles. The predicted octanol–water partition coefficient (Wildman–Crippen LogP) is 12.0. The maximum Gasteiger partial charge on any atom is 0.0355 e. The second kappa shape index (κ2) is 8.76. The van der Waals surface area contributed by atoms with E-state index >= 15 is 0 Å². The Morgan fingerprint density at radius 3 is 1.51 bits per heavy atom. The summed E-state index contributed by atoms with van der Waals surface area (Å²) in [7, 11) is 0. The highest BCUT2D eigenvalue weighted by Crippen LogP contribution is 2.43. The van der Waals surface area contributed by atoms with E-state index in [1.165, 1.54) is 85.5 Å². The molecule has 190 valence electrons. The highest BCUT2D eigenvalue weighted by molar-refractivity contribution is 7.25. The molecule has 1 heterocycles. The Hall–Kier alpha value is -4.98. The van der Waals surface area contributed by atoms with Crippen molar-refractivity contribution < 1.29 is 0 Å². The van der Waals surface area contributed by atoms with Crippen LogP contribution in [0.15, 0.2) is 146 Å². The molecule has 9 aromatic rings. The van der Waals surface area contributed by atoms with Crippen molar-refractivity contribution in [3.63, 3.8) is 0 Å². The smallest absolute Gasteiger partial charge is 0.0355 e. The molecule has 0 fully saturated rings. The van der Waals surface area contributed by atoms with Crippen LogP contribution in [0.25, 0.3) is 85.5 Å². The van der Waals surface area contributed by atoms with Crippen LogP contribution in [-0.2, 0) is 0 Å². The standard InChI is InChI=1S/C40H24S/c1-2-10-26-21-27(18-17-25(26)9-1)34-23-36-32-14-6-4-12-30(32)35(24-37(36)31-13-5-3-11-29(31)34)28-19-20-40-38(22-28)33-15-7-8-16-39(33)41-40/h1-24H. The van der Waals surface area contributed by atoms with Crippen LogP contribution in [0, 0.1) is 0 Å². The Labute approximate surface area is 241 Å². The fourth-order valence-electron chi connectivity index (χ4n) is 6.68. The van der Waals surface area contributed by atoms with E-state index in [1.807, 2.05) is 11.3 Å². The molecule has 0 saturated carbocycles. The van der Waals surface area contributed by atoms with E-state index in [4.69, 9.17) is 0 Å². The van der Waals surface area contributed by atoms with Gasteiger partial charge in [-0.1, -0.05) is 109 Å². The van der Waals surface area contributed by atoms with E-state index in [0.717, 1.165) is 0 Å². The maximum atomic E-state index is 2.43. The van der Waals surface area contributed by atoms with Gasteiger partial charge in [-0.3, -0.25) is 0 Å². The molecule has 0 N–H and O–H groups in total. The lowest BCUT2D eigenvalue weighted by molar-refractivity contribution is 1.69. The predicted molar refractivity (Wildman–Crippen MR) is 180 cm³/mol. The van der Waals surface area contributed by atoms with Crippen LogP contribution < -0.4 is 0 Å². The largest absolute Gasteiger partial charge is 0.135 e. The number of hydrogen-bond donors (Lipinski definition) is 0. The third-order valence-corrected chi connectivity index (χ3v) is 9.78. The summed E-state index contributed by atoms with van der Waals surface area (Å²) in [6.07, 6.45) is 0. The fraction of sp³-hybridized carbons (Fsp3) is 0. The van der Waals surface area contributed by atoms with Crippen molar-refractivity contribution >= 4 is 74.6 Å². The first-order chi connectivity index (χ1) is 20.3. The van der Waals surface area contributed by atoms with Gasteiger partial charge in [0.1, 0.15) is 0 Å². The van der Waals surface area contributed by atoms with Gasteiger partial charge in [0.15, 0.2) is 0 Å². The van der Waals surface area contributed by atoms with Crippen molar-refractivity contribution in [1.82, 2.24) is 0 Å². The second-order valence-corrected chi connectivity index (χ2v) is 12.0. The topological polar surface area (TPSA) is 0 Å². The van der Waals surface area contributed by atoms with Crippen molar-refractivity contribution in [3.05, 3.63) is 146 Å². The van der Waals surface area contributed by atoms with Gasteiger partial charge in [0.05, 0.1) is 0 Å². The minimum Gasteiger partial charge on any atom is -0.135 e. The van der Waals surface area contributed by atoms with E-state index in [2.05, 4.69) is 146 Å². The molecule has 0 amide bonds. The Morgan fingerprint density at radius 2 is 0.805 bits per heavy atom. The summed E-state index contributed by atoms with van der Waals surface area (Å²) < 4.78 is 2.68. The van der Waals surface area contributed by atoms with Crippen molar-refractivity contribution in [2.75, 3.05) is 0 Å². The summed E-state index contributed by atoms with van der Waals surface area (Å²) in [5.41, 5.74) is 5.09. The number of thiophene rings is 1. The van der Waals surface area contributed by atoms with Crippen LogP contribution in [0.1, 0.15) is 0 Å². The molecule has 0 radical (unpaired) electrons.